The van der Waals surface area contributed by atoms with E-state index in [0.717, 1.165) is 5.56 Å². The van der Waals surface area contributed by atoms with Gasteiger partial charge in [0.05, 0.1) is 23.8 Å². The van der Waals surface area contributed by atoms with E-state index in [1.54, 1.807) is 14.1 Å². The van der Waals surface area contributed by atoms with E-state index >= 15 is 0 Å². The summed E-state index contributed by atoms with van der Waals surface area (Å²) < 4.78 is 5.19. The van der Waals surface area contributed by atoms with Gasteiger partial charge in [-0.25, -0.2) is 0 Å². The second-order valence-electron chi connectivity index (χ2n) is 8.50. The van der Waals surface area contributed by atoms with Gasteiger partial charge in [-0.05, 0) is 19.0 Å². The quantitative estimate of drug-likeness (QED) is 0.119. The first kappa shape index (κ1) is 33.3. The second-order valence-corrected chi connectivity index (χ2v) is 10.6. The fourth-order valence-electron chi connectivity index (χ4n) is 3.26. The first-order valence-corrected chi connectivity index (χ1v) is 14.4. The lowest BCUT2D eigenvalue weighted by molar-refractivity contribution is -0.143. The van der Waals surface area contributed by atoms with Crippen LogP contribution in [-0.2, 0) is 35.1 Å². The number of benzene rings is 1. The average molecular weight is 570 g/mol. The van der Waals surface area contributed by atoms with Gasteiger partial charge in [0.1, 0.15) is 12.6 Å². The predicted molar refractivity (Wildman–Crippen MR) is 150 cm³/mol. The summed E-state index contributed by atoms with van der Waals surface area (Å²) in [5.41, 5.74) is 0.956. The normalized spacial score (nSPS) is 13.0. The van der Waals surface area contributed by atoms with Crippen LogP contribution in [0.5, 0.6) is 0 Å². The minimum atomic E-state index is -0.854. The molecule has 11 nitrogen and oxygen atoms in total. The van der Waals surface area contributed by atoms with Crippen LogP contribution in [-0.4, -0.2) is 96.6 Å². The minimum Gasteiger partial charge on any atom is -0.464 e. The molecule has 4 N–H and O–H groups in total. The molecule has 0 aliphatic heterocycles. The zero-order valence-corrected chi connectivity index (χ0v) is 24.2. The summed E-state index contributed by atoms with van der Waals surface area (Å²) in [5.74, 6) is -0.241. The molecule has 4 amide bonds. The molecular weight excluding hydrogens is 530 g/mol. The molecule has 0 bridgehead atoms. The van der Waals surface area contributed by atoms with Crippen LogP contribution >= 0.6 is 23.5 Å². The number of hydrogen-bond donors (Lipinski definition) is 4. The van der Waals surface area contributed by atoms with Crippen LogP contribution in [0, 0.1) is 0 Å². The number of esters is 1. The molecule has 1 aromatic carbocycles. The van der Waals surface area contributed by atoms with Gasteiger partial charge in [-0.2, -0.15) is 0 Å². The van der Waals surface area contributed by atoms with Crippen molar-refractivity contribution < 1.29 is 28.7 Å². The lowest BCUT2D eigenvalue weighted by atomic mass is 10.1. The van der Waals surface area contributed by atoms with Crippen molar-refractivity contribution in [1.82, 2.24) is 26.2 Å². The molecule has 0 radical (unpaired) electrons. The number of ether oxygens (including phenoxy) is 1. The summed E-state index contributed by atoms with van der Waals surface area (Å²) >= 11 is 2.69. The molecule has 3 atom stereocenters. The first-order valence-electron chi connectivity index (χ1n) is 12.1. The Bertz CT molecular complexity index is 921. The minimum absolute atomic E-state index is 0.0156. The summed E-state index contributed by atoms with van der Waals surface area (Å²) in [6.45, 7) is 4.11. The Morgan fingerprint density at radius 1 is 0.921 bits per heavy atom. The largest absolute Gasteiger partial charge is 0.464 e. The fourth-order valence-corrected chi connectivity index (χ4v) is 5.25. The van der Waals surface area contributed by atoms with E-state index in [2.05, 4.69) is 21.3 Å². The van der Waals surface area contributed by atoms with Crippen LogP contribution in [0.3, 0.4) is 0 Å². The maximum absolute atomic E-state index is 13.5. The molecule has 38 heavy (non-hydrogen) atoms. The number of nitrogens with one attached hydrogen (secondary N) is 4. The zero-order chi connectivity index (χ0) is 28.5. The van der Waals surface area contributed by atoms with Crippen LogP contribution in [0.1, 0.15) is 26.3 Å². The number of thioether (sulfide) groups is 2. The molecule has 0 unspecified atom stereocenters. The molecule has 1 aromatic rings. The number of nitrogens with zero attached hydrogens (tertiary/aromatic N) is 1. The number of amides is 4. The van der Waals surface area contributed by atoms with Crippen LogP contribution in [0.2, 0.25) is 0 Å². The Kier molecular flexibility index (Phi) is 16.2. The lowest BCUT2D eigenvalue weighted by Crippen LogP contribution is -2.56. The number of hydrogen-bond acceptors (Lipinski definition) is 9. The zero-order valence-electron chi connectivity index (χ0n) is 22.6. The fraction of sp³-hybridized carbons (Fsp3) is 0.560. The monoisotopic (exact) mass is 569 g/mol. The van der Waals surface area contributed by atoms with Gasteiger partial charge < -0.3 is 30.9 Å². The molecule has 212 valence electrons. The first-order chi connectivity index (χ1) is 18.0. The van der Waals surface area contributed by atoms with Crippen molar-refractivity contribution in [2.75, 3.05) is 44.0 Å². The van der Waals surface area contributed by atoms with Gasteiger partial charge in [-0.3, -0.25) is 24.0 Å². The molecular formula is C25H39N5O6S2. The predicted octanol–water partition coefficient (Wildman–Crippen LogP) is 0.346. The Morgan fingerprint density at radius 3 is 2.03 bits per heavy atom. The number of rotatable bonds is 17. The van der Waals surface area contributed by atoms with Crippen molar-refractivity contribution in [3.8, 4) is 0 Å². The SMILES string of the molecule is CN[C@@H](CSCNC(C)=O)C(=O)N(C)[C@@H](CSCNC(C)=O)C(=O)N[C@H](COC(C)=O)Cc1ccccc1. The molecule has 0 aliphatic carbocycles. The van der Waals surface area contributed by atoms with Gasteiger partial charge in [-0.15, -0.1) is 23.5 Å². The summed E-state index contributed by atoms with van der Waals surface area (Å²) in [6.07, 6.45) is 0.433. The van der Waals surface area contributed by atoms with Gasteiger partial charge in [0, 0.05) is 39.3 Å². The molecule has 1 rings (SSSR count). The Labute approximate surface area is 232 Å². The third-order valence-electron chi connectivity index (χ3n) is 5.33. The Balaban J connectivity index is 3.00. The second kappa shape index (κ2) is 18.5. The van der Waals surface area contributed by atoms with Gasteiger partial charge in [0.15, 0.2) is 0 Å². The van der Waals surface area contributed by atoms with E-state index < -0.39 is 30.0 Å². The van der Waals surface area contributed by atoms with Gasteiger partial charge >= 0.3 is 5.97 Å². The van der Waals surface area contributed by atoms with E-state index in [9.17, 15) is 24.0 Å². The van der Waals surface area contributed by atoms with Crippen LogP contribution in [0.4, 0.5) is 0 Å². The third-order valence-corrected chi connectivity index (χ3v) is 7.15. The molecule has 0 saturated carbocycles. The van der Waals surface area contributed by atoms with Crippen molar-refractivity contribution in [3.05, 3.63) is 35.9 Å². The van der Waals surface area contributed by atoms with Crippen molar-refractivity contribution in [3.63, 3.8) is 0 Å². The van der Waals surface area contributed by atoms with Gasteiger partial charge in [0.25, 0.3) is 0 Å². The molecule has 0 fully saturated rings. The van der Waals surface area contributed by atoms with Crippen molar-refractivity contribution in [1.29, 1.82) is 0 Å². The van der Waals surface area contributed by atoms with E-state index in [1.807, 2.05) is 30.3 Å². The maximum Gasteiger partial charge on any atom is 0.302 e. The highest BCUT2D eigenvalue weighted by molar-refractivity contribution is 7.99. The molecule has 0 heterocycles. The Hall–Kier alpha value is -2.77. The summed E-state index contributed by atoms with van der Waals surface area (Å²) in [7, 11) is 3.22. The highest BCUT2D eigenvalue weighted by Crippen LogP contribution is 2.13. The average Bonchev–Trinajstić information content (AvgIpc) is 2.86. The van der Waals surface area contributed by atoms with Crippen LogP contribution in [0.25, 0.3) is 0 Å². The molecule has 0 aromatic heterocycles. The molecule has 0 saturated heterocycles. The van der Waals surface area contributed by atoms with Crippen molar-refractivity contribution >= 4 is 53.1 Å². The number of carbonyl (C=O) groups is 5. The molecule has 0 spiro atoms. The van der Waals surface area contributed by atoms with Gasteiger partial charge in [-0.1, -0.05) is 30.3 Å². The molecule has 13 heteroatoms. The van der Waals surface area contributed by atoms with E-state index in [-0.39, 0.29) is 36.0 Å². The van der Waals surface area contributed by atoms with E-state index in [4.69, 9.17) is 4.74 Å². The summed E-state index contributed by atoms with van der Waals surface area (Å²) in [5, 5.41) is 11.3. The van der Waals surface area contributed by atoms with Crippen molar-refractivity contribution in [2.24, 2.45) is 0 Å². The van der Waals surface area contributed by atoms with Crippen molar-refractivity contribution in [2.45, 2.75) is 45.3 Å². The lowest BCUT2D eigenvalue weighted by Gasteiger charge is -2.31. The summed E-state index contributed by atoms with van der Waals surface area (Å²) in [4.78, 5) is 62.0. The third kappa shape index (κ3) is 13.7. The summed E-state index contributed by atoms with van der Waals surface area (Å²) in [6, 6.07) is 7.54. The van der Waals surface area contributed by atoms with Gasteiger partial charge in [0.2, 0.25) is 23.6 Å². The number of carbonyl (C=O) groups excluding carboxylic acids is 5. The highest BCUT2D eigenvalue weighted by Gasteiger charge is 2.32. The number of likely N-dealkylation sites (N-methyl/N-ethyl adjacent to an activating group) is 2. The van der Waals surface area contributed by atoms with Crippen LogP contribution < -0.4 is 21.3 Å². The van der Waals surface area contributed by atoms with E-state index in [1.165, 1.54) is 49.2 Å². The van der Waals surface area contributed by atoms with Crippen LogP contribution in [0.15, 0.2) is 30.3 Å². The maximum atomic E-state index is 13.5. The molecule has 0 aliphatic rings. The standard InChI is InChI=1S/C25H39N5O6S2/c1-17(31)27-15-37-13-22(26-4)25(35)30(5)23(14-38-16-28-18(2)32)24(34)29-21(12-36-19(3)33)11-20-9-7-6-8-10-20/h6-10,21-23,26H,11-16H2,1-5H3,(H,27,31)(H,28,32)(H,29,34)/t21-,22-,23-/m0/s1. The highest BCUT2D eigenvalue weighted by atomic mass is 32.2. The van der Waals surface area contributed by atoms with E-state index in [0.29, 0.717) is 18.1 Å². The topological polar surface area (TPSA) is 146 Å². The smallest absolute Gasteiger partial charge is 0.302 e. The Morgan fingerprint density at radius 2 is 1.50 bits per heavy atom.